The molecule has 5 nitrogen and oxygen atoms in total. The van der Waals surface area contributed by atoms with Crippen LogP contribution in [0.1, 0.15) is 47.7 Å². The minimum absolute atomic E-state index is 0.00343. The first kappa shape index (κ1) is 17.3. The quantitative estimate of drug-likeness (QED) is 0.842. The molecule has 2 aliphatic heterocycles. The minimum atomic E-state index is -0.377. The van der Waals surface area contributed by atoms with E-state index in [1.165, 1.54) is 11.3 Å². The molecule has 0 saturated carbocycles. The SMILES string of the molecule is COc1cc(C)sc1C(=O)N1CC[C@@]2(CCCN(C(C)C)C2=O)C1. The van der Waals surface area contributed by atoms with Crippen molar-refractivity contribution in [3.8, 4) is 5.75 Å². The number of thiophene rings is 1. The van der Waals surface area contributed by atoms with E-state index in [0.717, 1.165) is 30.7 Å². The monoisotopic (exact) mass is 350 g/mol. The van der Waals surface area contributed by atoms with Crippen molar-refractivity contribution in [1.29, 1.82) is 0 Å². The number of carbonyl (C=O) groups is 2. The van der Waals surface area contributed by atoms with E-state index < -0.39 is 0 Å². The van der Waals surface area contributed by atoms with Crippen molar-refractivity contribution in [2.24, 2.45) is 5.41 Å². The highest BCUT2D eigenvalue weighted by Gasteiger charge is 2.50. The van der Waals surface area contributed by atoms with Gasteiger partial charge < -0.3 is 14.5 Å². The van der Waals surface area contributed by atoms with Crippen LogP contribution in [0.25, 0.3) is 0 Å². The van der Waals surface area contributed by atoms with Crippen molar-refractivity contribution in [3.63, 3.8) is 0 Å². The number of piperidine rings is 1. The lowest BCUT2D eigenvalue weighted by molar-refractivity contribution is -0.147. The number of hydrogen-bond acceptors (Lipinski definition) is 4. The van der Waals surface area contributed by atoms with Crippen molar-refractivity contribution in [2.75, 3.05) is 26.7 Å². The fourth-order valence-corrected chi connectivity index (χ4v) is 4.90. The highest BCUT2D eigenvalue weighted by atomic mass is 32.1. The predicted octanol–water partition coefficient (Wildman–Crippen LogP) is 2.93. The first-order chi connectivity index (χ1) is 11.4. The van der Waals surface area contributed by atoms with Crippen LogP contribution in [0.15, 0.2) is 6.07 Å². The van der Waals surface area contributed by atoms with E-state index in [-0.39, 0.29) is 23.3 Å². The summed E-state index contributed by atoms with van der Waals surface area (Å²) in [7, 11) is 1.59. The minimum Gasteiger partial charge on any atom is -0.495 e. The molecule has 2 saturated heterocycles. The summed E-state index contributed by atoms with van der Waals surface area (Å²) in [6.45, 7) is 8.12. The molecule has 2 fully saturated rings. The van der Waals surface area contributed by atoms with Gasteiger partial charge in [0.1, 0.15) is 10.6 Å². The second kappa shape index (κ2) is 6.39. The van der Waals surface area contributed by atoms with Crippen LogP contribution in [0.3, 0.4) is 0 Å². The van der Waals surface area contributed by atoms with Gasteiger partial charge in [-0.1, -0.05) is 0 Å². The maximum Gasteiger partial charge on any atom is 0.267 e. The van der Waals surface area contributed by atoms with E-state index in [4.69, 9.17) is 4.74 Å². The summed E-state index contributed by atoms with van der Waals surface area (Å²) in [4.78, 5) is 31.4. The third kappa shape index (κ3) is 2.81. The molecule has 24 heavy (non-hydrogen) atoms. The molecule has 0 radical (unpaired) electrons. The number of ether oxygens (including phenoxy) is 1. The Bertz CT molecular complexity index is 655. The molecule has 0 aromatic carbocycles. The van der Waals surface area contributed by atoms with E-state index in [1.807, 2.05) is 22.8 Å². The number of hydrogen-bond donors (Lipinski definition) is 0. The van der Waals surface area contributed by atoms with E-state index >= 15 is 0 Å². The van der Waals surface area contributed by atoms with Gasteiger partial charge >= 0.3 is 0 Å². The molecule has 132 valence electrons. The fraction of sp³-hybridized carbons (Fsp3) is 0.667. The normalized spacial score (nSPS) is 24.3. The standard InChI is InChI=1S/C18H26N2O3S/c1-12(2)20-8-5-6-18(17(20)22)7-9-19(11-18)16(21)15-14(23-4)10-13(3)24-15/h10,12H,5-9,11H2,1-4H3/t18-/m0/s1. The van der Waals surface area contributed by atoms with E-state index in [9.17, 15) is 9.59 Å². The van der Waals surface area contributed by atoms with Crippen molar-refractivity contribution in [3.05, 3.63) is 15.8 Å². The van der Waals surface area contributed by atoms with Crippen LogP contribution in [0.5, 0.6) is 5.75 Å². The number of methoxy groups -OCH3 is 1. The molecule has 3 rings (SSSR count). The summed E-state index contributed by atoms with van der Waals surface area (Å²) in [5, 5.41) is 0. The second-order valence-corrected chi connectivity index (χ2v) is 8.46. The van der Waals surface area contributed by atoms with Gasteiger partial charge in [0.2, 0.25) is 5.91 Å². The Balaban J connectivity index is 1.79. The van der Waals surface area contributed by atoms with Crippen LogP contribution in [0.4, 0.5) is 0 Å². The van der Waals surface area contributed by atoms with Crippen LogP contribution in [0, 0.1) is 12.3 Å². The lowest BCUT2D eigenvalue weighted by atomic mass is 9.78. The van der Waals surface area contributed by atoms with Crippen LogP contribution in [-0.4, -0.2) is 54.4 Å². The first-order valence-corrected chi connectivity index (χ1v) is 9.44. The van der Waals surface area contributed by atoms with Crippen LogP contribution in [-0.2, 0) is 4.79 Å². The number of rotatable bonds is 3. The Hall–Kier alpha value is -1.56. The van der Waals surface area contributed by atoms with Crippen LogP contribution in [0.2, 0.25) is 0 Å². The van der Waals surface area contributed by atoms with Gasteiger partial charge in [0, 0.05) is 30.6 Å². The zero-order chi connectivity index (χ0) is 17.5. The predicted molar refractivity (Wildman–Crippen MR) is 94.6 cm³/mol. The number of nitrogens with zero attached hydrogens (tertiary/aromatic N) is 2. The fourth-order valence-electron chi connectivity index (χ4n) is 3.95. The summed E-state index contributed by atoms with van der Waals surface area (Å²) >= 11 is 1.46. The molecule has 3 heterocycles. The summed E-state index contributed by atoms with van der Waals surface area (Å²) in [6, 6.07) is 2.12. The van der Waals surface area contributed by atoms with E-state index in [2.05, 4.69) is 13.8 Å². The topological polar surface area (TPSA) is 49.9 Å². The maximum atomic E-state index is 13.0. The van der Waals surface area contributed by atoms with E-state index in [0.29, 0.717) is 23.7 Å². The van der Waals surface area contributed by atoms with Gasteiger partial charge in [-0.25, -0.2) is 0 Å². The molecular weight excluding hydrogens is 324 g/mol. The van der Waals surface area contributed by atoms with Gasteiger partial charge in [-0.2, -0.15) is 0 Å². The summed E-state index contributed by atoms with van der Waals surface area (Å²) in [5.41, 5.74) is -0.377. The van der Waals surface area contributed by atoms with Crippen molar-refractivity contribution < 1.29 is 14.3 Å². The van der Waals surface area contributed by atoms with Gasteiger partial charge in [-0.3, -0.25) is 9.59 Å². The number of aryl methyl sites for hydroxylation is 1. The van der Waals surface area contributed by atoms with E-state index in [1.54, 1.807) is 7.11 Å². The molecule has 2 aliphatic rings. The Labute approximate surface area is 147 Å². The average molecular weight is 350 g/mol. The molecular formula is C18H26N2O3S. The van der Waals surface area contributed by atoms with Gasteiger partial charge in [-0.15, -0.1) is 11.3 Å². The number of carbonyl (C=O) groups excluding carboxylic acids is 2. The molecule has 1 atom stereocenters. The van der Waals surface area contributed by atoms with Gasteiger partial charge in [0.05, 0.1) is 12.5 Å². The first-order valence-electron chi connectivity index (χ1n) is 8.63. The second-order valence-electron chi connectivity index (χ2n) is 7.21. The van der Waals surface area contributed by atoms with Gasteiger partial charge in [0.25, 0.3) is 5.91 Å². The van der Waals surface area contributed by atoms with Crippen molar-refractivity contribution in [2.45, 2.75) is 46.1 Å². The Morgan fingerprint density at radius 3 is 2.75 bits per heavy atom. The highest BCUT2D eigenvalue weighted by molar-refractivity contribution is 7.14. The molecule has 1 spiro atoms. The van der Waals surface area contributed by atoms with Crippen LogP contribution >= 0.6 is 11.3 Å². The molecule has 0 N–H and O–H groups in total. The highest BCUT2D eigenvalue weighted by Crippen LogP contribution is 2.42. The molecule has 0 aliphatic carbocycles. The number of likely N-dealkylation sites (tertiary alicyclic amines) is 2. The van der Waals surface area contributed by atoms with Gasteiger partial charge in [0.15, 0.2) is 0 Å². The van der Waals surface area contributed by atoms with Gasteiger partial charge in [-0.05, 0) is 46.1 Å². The zero-order valence-corrected chi connectivity index (χ0v) is 15.7. The zero-order valence-electron chi connectivity index (χ0n) is 14.9. The molecule has 6 heteroatoms. The largest absolute Gasteiger partial charge is 0.495 e. The molecule has 1 aromatic rings. The average Bonchev–Trinajstić information content (AvgIpc) is 3.13. The summed E-state index contributed by atoms with van der Waals surface area (Å²) < 4.78 is 5.34. The summed E-state index contributed by atoms with van der Waals surface area (Å²) in [5.74, 6) is 0.867. The number of amides is 2. The third-order valence-corrected chi connectivity index (χ3v) is 6.29. The molecule has 2 amide bonds. The third-order valence-electron chi connectivity index (χ3n) is 5.27. The molecule has 1 aromatic heterocycles. The van der Waals surface area contributed by atoms with Crippen molar-refractivity contribution >= 4 is 23.2 Å². The lowest BCUT2D eigenvalue weighted by Crippen LogP contribution is -2.52. The summed E-state index contributed by atoms with van der Waals surface area (Å²) in [6.07, 6.45) is 2.68. The maximum absolute atomic E-state index is 13.0. The Kier molecular flexibility index (Phi) is 4.60. The molecule has 0 unspecified atom stereocenters. The molecule has 0 bridgehead atoms. The van der Waals surface area contributed by atoms with Crippen molar-refractivity contribution in [1.82, 2.24) is 9.80 Å². The smallest absolute Gasteiger partial charge is 0.267 e. The lowest BCUT2D eigenvalue weighted by Gasteiger charge is -2.41. The Morgan fingerprint density at radius 1 is 1.33 bits per heavy atom. The van der Waals surface area contributed by atoms with Crippen LogP contribution < -0.4 is 4.74 Å². The Morgan fingerprint density at radius 2 is 2.08 bits per heavy atom.